The lowest BCUT2D eigenvalue weighted by atomic mass is 9.93. The van der Waals surface area contributed by atoms with E-state index in [1.165, 1.54) is 12.1 Å². The standard InChI is InChI=1S/C17H22FNO2/c1-2-15(11-6-8-13(18)9-7-11)19-10-12-4-3-5-14(12)16(19)17(20)21/h6-9,12,14-16H,2-5,10H2,1H3,(H,20,21). The van der Waals surface area contributed by atoms with Gasteiger partial charge in [-0.05, 0) is 48.8 Å². The van der Waals surface area contributed by atoms with E-state index in [9.17, 15) is 14.3 Å². The maximum Gasteiger partial charge on any atom is 0.321 e. The van der Waals surface area contributed by atoms with Crippen LogP contribution in [0, 0.1) is 17.7 Å². The van der Waals surface area contributed by atoms with Gasteiger partial charge in [0, 0.05) is 12.6 Å². The largest absolute Gasteiger partial charge is 0.480 e. The highest BCUT2D eigenvalue weighted by Gasteiger charge is 2.49. The Morgan fingerprint density at radius 1 is 1.38 bits per heavy atom. The lowest BCUT2D eigenvalue weighted by Crippen LogP contribution is -2.41. The first-order valence-corrected chi connectivity index (χ1v) is 7.85. The van der Waals surface area contributed by atoms with E-state index in [1.807, 2.05) is 0 Å². The van der Waals surface area contributed by atoms with Gasteiger partial charge in [-0.2, -0.15) is 0 Å². The van der Waals surface area contributed by atoms with Gasteiger partial charge in [0.2, 0.25) is 0 Å². The van der Waals surface area contributed by atoms with Crippen LogP contribution >= 0.6 is 0 Å². The van der Waals surface area contributed by atoms with Crippen LogP contribution in [-0.4, -0.2) is 28.6 Å². The zero-order chi connectivity index (χ0) is 15.0. The molecule has 4 heteroatoms. The molecule has 4 atom stereocenters. The second-order valence-electron chi connectivity index (χ2n) is 6.31. The Kier molecular flexibility index (Phi) is 3.98. The summed E-state index contributed by atoms with van der Waals surface area (Å²) < 4.78 is 13.1. The molecule has 0 amide bonds. The topological polar surface area (TPSA) is 40.5 Å². The van der Waals surface area contributed by atoms with Crippen molar-refractivity contribution >= 4 is 5.97 Å². The van der Waals surface area contributed by atoms with E-state index in [1.54, 1.807) is 12.1 Å². The zero-order valence-corrected chi connectivity index (χ0v) is 12.3. The number of rotatable bonds is 4. The molecule has 1 aromatic rings. The maximum atomic E-state index is 13.1. The first-order chi connectivity index (χ1) is 10.1. The van der Waals surface area contributed by atoms with Crippen molar-refractivity contribution in [1.29, 1.82) is 0 Å². The van der Waals surface area contributed by atoms with E-state index in [0.29, 0.717) is 5.92 Å². The average Bonchev–Trinajstić information content (AvgIpc) is 3.01. The molecule has 1 aliphatic carbocycles. The third kappa shape index (κ3) is 2.57. The van der Waals surface area contributed by atoms with Gasteiger partial charge in [0.05, 0.1) is 0 Å². The molecule has 2 aliphatic rings. The van der Waals surface area contributed by atoms with Gasteiger partial charge in [-0.15, -0.1) is 0 Å². The van der Waals surface area contributed by atoms with Gasteiger partial charge in [-0.3, -0.25) is 9.69 Å². The lowest BCUT2D eigenvalue weighted by molar-refractivity contribution is -0.144. The molecule has 1 saturated carbocycles. The molecule has 1 N–H and O–H groups in total. The first kappa shape index (κ1) is 14.5. The highest BCUT2D eigenvalue weighted by atomic mass is 19.1. The van der Waals surface area contributed by atoms with Gasteiger partial charge in [-0.1, -0.05) is 25.5 Å². The number of fused-ring (bicyclic) bond motifs is 1. The van der Waals surface area contributed by atoms with E-state index in [-0.39, 0.29) is 23.8 Å². The van der Waals surface area contributed by atoms with Crippen molar-refractivity contribution < 1.29 is 14.3 Å². The summed E-state index contributed by atoms with van der Waals surface area (Å²) in [4.78, 5) is 13.9. The van der Waals surface area contributed by atoms with Gasteiger partial charge in [0.15, 0.2) is 0 Å². The molecule has 21 heavy (non-hydrogen) atoms. The Morgan fingerprint density at radius 2 is 2.10 bits per heavy atom. The van der Waals surface area contributed by atoms with Crippen LogP contribution in [0.3, 0.4) is 0 Å². The third-order valence-corrected chi connectivity index (χ3v) is 5.22. The van der Waals surface area contributed by atoms with Crippen LogP contribution in [0.1, 0.15) is 44.2 Å². The van der Waals surface area contributed by atoms with E-state index in [4.69, 9.17) is 0 Å². The van der Waals surface area contributed by atoms with Crippen molar-refractivity contribution in [2.45, 2.75) is 44.7 Å². The minimum atomic E-state index is -0.704. The van der Waals surface area contributed by atoms with Gasteiger partial charge in [-0.25, -0.2) is 4.39 Å². The molecule has 0 aromatic heterocycles. The Bertz CT molecular complexity index is 516. The van der Waals surface area contributed by atoms with E-state index < -0.39 is 5.97 Å². The van der Waals surface area contributed by atoms with Crippen molar-refractivity contribution in [2.75, 3.05) is 6.54 Å². The number of halogens is 1. The second-order valence-corrected chi connectivity index (χ2v) is 6.31. The Labute approximate surface area is 124 Å². The lowest BCUT2D eigenvalue weighted by Gasteiger charge is -2.32. The fraction of sp³-hybridized carbons (Fsp3) is 0.588. The van der Waals surface area contributed by atoms with Crippen LogP contribution in [0.15, 0.2) is 24.3 Å². The molecule has 1 aromatic carbocycles. The molecule has 0 radical (unpaired) electrons. The first-order valence-electron chi connectivity index (χ1n) is 7.85. The molecule has 1 heterocycles. The summed E-state index contributed by atoms with van der Waals surface area (Å²) in [6.07, 6.45) is 4.16. The summed E-state index contributed by atoms with van der Waals surface area (Å²) >= 11 is 0. The van der Waals surface area contributed by atoms with Crippen molar-refractivity contribution in [3.05, 3.63) is 35.6 Å². The SMILES string of the molecule is CCC(c1ccc(F)cc1)N1CC2CCCC2C1C(=O)O. The number of carboxylic acid groups (broad SMARTS) is 1. The third-order valence-electron chi connectivity index (χ3n) is 5.22. The molecule has 3 nitrogen and oxygen atoms in total. The smallest absolute Gasteiger partial charge is 0.321 e. The number of likely N-dealkylation sites (tertiary alicyclic amines) is 1. The summed E-state index contributed by atoms with van der Waals surface area (Å²) in [6, 6.07) is 6.19. The highest BCUT2D eigenvalue weighted by Crippen LogP contribution is 2.45. The average molecular weight is 291 g/mol. The predicted molar refractivity (Wildman–Crippen MR) is 78.4 cm³/mol. The molecule has 0 spiro atoms. The summed E-state index contributed by atoms with van der Waals surface area (Å²) in [7, 11) is 0. The number of aliphatic carboxylic acids is 1. The fourth-order valence-corrected chi connectivity index (χ4v) is 4.33. The van der Waals surface area contributed by atoms with Crippen molar-refractivity contribution in [3.8, 4) is 0 Å². The molecular formula is C17H22FNO2. The van der Waals surface area contributed by atoms with Crippen molar-refractivity contribution in [2.24, 2.45) is 11.8 Å². The normalized spacial score (nSPS) is 30.3. The minimum absolute atomic E-state index is 0.0669. The fourth-order valence-electron chi connectivity index (χ4n) is 4.33. The minimum Gasteiger partial charge on any atom is -0.480 e. The van der Waals surface area contributed by atoms with Crippen LogP contribution in [0.5, 0.6) is 0 Å². The van der Waals surface area contributed by atoms with Crippen molar-refractivity contribution in [1.82, 2.24) is 4.90 Å². The quantitative estimate of drug-likeness (QED) is 0.923. The van der Waals surface area contributed by atoms with Gasteiger partial charge in [0.25, 0.3) is 0 Å². The number of hydrogen-bond acceptors (Lipinski definition) is 2. The number of hydrogen-bond donors (Lipinski definition) is 1. The van der Waals surface area contributed by atoms with Crippen LogP contribution in [0.4, 0.5) is 4.39 Å². The molecule has 2 fully saturated rings. The molecule has 3 rings (SSSR count). The van der Waals surface area contributed by atoms with Gasteiger partial charge >= 0.3 is 5.97 Å². The van der Waals surface area contributed by atoms with E-state index in [0.717, 1.165) is 37.8 Å². The van der Waals surface area contributed by atoms with Crippen LogP contribution in [-0.2, 0) is 4.79 Å². The second kappa shape index (κ2) is 5.76. The molecule has 4 unspecified atom stereocenters. The number of benzene rings is 1. The summed E-state index contributed by atoms with van der Waals surface area (Å²) in [5.41, 5.74) is 1.02. The van der Waals surface area contributed by atoms with Crippen LogP contribution < -0.4 is 0 Å². The Hall–Kier alpha value is -1.42. The maximum absolute atomic E-state index is 13.1. The Balaban J connectivity index is 1.89. The van der Waals surface area contributed by atoms with Gasteiger partial charge < -0.3 is 5.11 Å². The molecule has 114 valence electrons. The highest BCUT2D eigenvalue weighted by molar-refractivity contribution is 5.74. The molecule has 1 aliphatic heterocycles. The van der Waals surface area contributed by atoms with Crippen molar-refractivity contribution in [3.63, 3.8) is 0 Å². The summed E-state index contributed by atoms with van der Waals surface area (Å²) in [5.74, 6) is -0.149. The van der Waals surface area contributed by atoms with Crippen LogP contribution in [0.25, 0.3) is 0 Å². The number of carboxylic acids is 1. The molecular weight excluding hydrogens is 269 g/mol. The molecule has 0 bridgehead atoms. The number of nitrogens with zero attached hydrogens (tertiary/aromatic N) is 1. The predicted octanol–water partition coefficient (Wildman–Crippen LogP) is 3.46. The number of carbonyl (C=O) groups is 1. The summed E-state index contributed by atoms with van der Waals surface area (Å²) in [5, 5.41) is 9.66. The molecule has 1 saturated heterocycles. The zero-order valence-electron chi connectivity index (χ0n) is 12.3. The van der Waals surface area contributed by atoms with Crippen LogP contribution in [0.2, 0.25) is 0 Å². The van der Waals surface area contributed by atoms with E-state index >= 15 is 0 Å². The van der Waals surface area contributed by atoms with Gasteiger partial charge in [0.1, 0.15) is 11.9 Å². The van der Waals surface area contributed by atoms with E-state index in [2.05, 4.69) is 11.8 Å². The Morgan fingerprint density at radius 3 is 2.71 bits per heavy atom. The summed E-state index contributed by atoms with van der Waals surface area (Å²) in [6.45, 7) is 2.93. The monoisotopic (exact) mass is 291 g/mol.